The molecule has 0 N–H and O–H groups in total. The third kappa shape index (κ3) is 2.57. The van der Waals surface area contributed by atoms with E-state index in [0.717, 1.165) is 37.8 Å². The second kappa shape index (κ2) is 6.09. The van der Waals surface area contributed by atoms with Crippen molar-refractivity contribution in [3.05, 3.63) is 70.7 Å². The van der Waals surface area contributed by atoms with Crippen LogP contribution in [0.2, 0.25) is 0 Å². The average molecular weight is 335 g/mol. The van der Waals surface area contributed by atoms with E-state index in [1.165, 1.54) is 0 Å². The molecule has 0 amide bonds. The fraction of sp³-hybridized carbons (Fsp3) is 0.158. The maximum Gasteiger partial charge on any atom is 0.195 e. The summed E-state index contributed by atoms with van der Waals surface area (Å²) in [5.74, 6) is 0. The van der Waals surface area contributed by atoms with Gasteiger partial charge in [-0.05, 0) is 31.5 Å². The highest BCUT2D eigenvalue weighted by Gasteiger charge is 2.15. The molecule has 0 bridgehead atoms. The predicted octanol–water partition coefficient (Wildman–Crippen LogP) is 4.80. The normalized spacial score (nSPS) is 12.2. The van der Waals surface area contributed by atoms with Gasteiger partial charge in [0.15, 0.2) is 4.96 Å². The summed E-state index contributed by atoms with van der Waals surface area (Å²) in [6.45, 7) is 4.55. The van der Waals surface area contributed by atoms with Crippen LogP contribution >= 0.6 is 11.3 Å². The van der Waals surface area contributed by atoms with Crippen LogP contribution in [-0.2, 0) is 11.4 Å². The Labute approximate surface area is 144 Å². The maximum atomic E-state index is 5.52. The monoisotopic (exact) mass is 335 g/mol. The highest BCUT2D eigenvalue weighted by atomic mass is 32.1. The number of oxime groups is 1. The summed E-state index contributed by atoms with van der Waals surface area (Å²) in [7, 11) is 0. The molecular formula is C19H17N3OS. The van der Waals surface area contributed by atoms with E-state index >= 15 is 0 Å². The average Bonchev–Trinajstić information content (AvgIpc) is 3.12. The number of hydrogen-bond donors (Lipinski definition) is 0. The van der Waals surface area contributed by atoms with Crippen molar-refractivity contribution in [2.75, 3.05) is 0 Å². The van der Waals surface area contributed by atoms with E-state index in [1.54, 1.807) is 11.3 Å². The largest absolute Gasteiger partial charge is 0.391 e. The Balaban J connectivity index is 1.63. The van der Waals surface area contributed by atoms with Gasteiger partial charge in [-0.15, -0.1) is 0 Å². The van der Waals surface area contributed by atoms with E-state index in [2.05, 4.69) is 22.5 Å². The van der Waals surface area contributed by atoms with E-state index in [0.29, 0.717) is 6.61 Å². The fourth-order valence-electron chi connectivity index (χ4n) is 2.82. The highest BCUT2D eigenvalue weighted by molar-refractivity contribution is 7.19. The van der Waals surface area contributed by atoms with Crippen molar-refractivity contribution < 1.29 is 4.84 Å². The summed E-state index contributed by atoms with van der Waals surface area (Å²) in [6, 6.07) is 18.2. The first-order valence-electron chi connectivity index (χ1n) is 7.81. The summed E-state index contributed by atoms with van der Waals surface area (Å²) in [5, 5.41) is 4.29. The van der Waals surface area contributed by atoms with Gasteiger partial charge in [0.05, 0.1) is 21.6 Å². The number of imidazole rings is 1. The van der Waals surface area contributed by atoms with Crippen LogP contribution in [0.4, 0.5) is 0 Å². The topological polar surface area (TPSA) is 38.9 Å². The molecule has 2 aromatic carbocycles. The molecule has 120 valence electrons. The minimum atomic E-state index is 0.475. The molecule has 4 nitrogen and oxygen atoms in total. The van der Waals surface area contributed by atoms with Gasteiger partial charge in [0.25, 0.3) is 0 Å². The molecule has 0 saturated carbocycles. The molecule has 0 aliphatic carbocycles. The Morgan fingerprint density at radius 1 is 1.12 bits per heavy atom. The first-order chi connectivity index (χ1) is 11.7. The Hall–Kier alpha value is -2.66. The number of thiazole rings is 1. The van der Waals surface area contributed by atoms with E-state index in [4.69, 9.17) is 9.82 Å². The molecule has 0 aliphatic rings. The summed E-state index contributed by atoms with van der Waals surface area (Å²) in [5.41, 5.74) is 5.29. The lowest BCUT2D eigenvalue weighted by Gasteiger charge is -2.02. The maximum absolute atomic E-state index is 5.52. The zero-order valence-electron chi connectivity index (χ0n) is 13.6. The van der Waals surface area contributed by atoms with Crippen LogP contribution in [0.25, 0.3) is 16.0 Å². The minimum absolute atomic E-state index is 0.475. The van der Waals surface area contributed by atoms with Crippen molar-refractivity contribution in [3.8, 4) is 0 Å². The van der Waals surface area contributed by atoms with Crippen LogP contribution in [0.5, 0.6) is 0 Å². The Morgan fingerprint density at radius 2 is 1.88 bits per heavy atom. The first kappa shape index (κ1) is 14.9. The number of rotatable bonds is 4. The molecule has 0 radical (unpaired) electrons. The molecule has 4 rings (SSSR count). The van der Waals surface area contributed by atoms with Gasteiger partial charge in [0, 0.05) is 5.69 Å². The van der Waals surface area contributed by atoms with Crippen LogP contribution in [0.1, 0.15) is 23.1 Å². The number of fused-ring (bicyclic) bond motifs is 3. The molecule has 0 aliphatic heterocycles. The number of nitrogens with zero attached hydrogens (tertiary/aromatic N) is 3. The van der Waals surface area contributed by atoms with Gasteiger partial charge in [-0.2, -0.15) is 0 Å². The Morgan fingerprint density at radius 3 is 2.71 bits per heavy atom. The number of hydrogen-bond acceptors (Lipinski definition) is 4. The van der Waals surface area contributed by atoms with Crippen LogP contribution in [0.15, 0.2) is 59.8 Å². The number of para-hydroxylation sites is 2. The van der Waals surface area contributed by atoms with Gasteiger partial charge in [-0.3, -0.25) is 4.40 Å². The number of aryl methyl sites for hydroxylation is 1. The summed E-state index contributed by atoms with van der Waals surface area (Å²) < 4.78 is 2.19. The molecule has 2 aromatic heterocycles. The minimum Gasteiger partial charge on any atom is -0.391 e. The van der Waals surface area contributed by atoms with E-state index in [9.17, 15) is 0 Å². The van der Waals surface area contributed by atoms with E-state index in [-0.39, 0.29) is 0 Å². The smallest absolute Gasteiger partial charge is 0.195 e. The summed E-state index contributed by atoms with van der Waals surface area (Å²) in [4.78, 5) is 12.3. The van der Waals surface area contributed by atoms with Gasteiger partial charge >= 0.3 is 0 Å². The lowest BCUT2D eigenvalue weighted by molar-refractivity contribution is 0.130. The van der Waals surface area contributed by atoms with Crippen molar-refractivity contribution >= 4 is 33.0 Å². The molecule has 0 fully saturated rings. The van der Waals surface area contributed by atoms with Gasteiger partial charge < -0.3 is 4.84 Å². The van der Waals surface area contributed by atoms with Crippen LogP contribution in [0.3, 0.4) is 0 Å². The lowest BCUT2D eigenvalue weighted by Crippen LogP contribution is -1.98. The highest BCUT2D eigenvalue weighted by Crippen LogP contribution is 2.28. The third-order valence-electron chi connectivity index (χ3n) is 3.99. The van der Waals surface area contributed by atoms with E-state index in [1.807, 2.05) is 55.5 Å². The molecule has 4 aromatic rings. The van der Waals surface area contributed by atoms with Crippen LogP contribution in [-0.4, -0.2) is 15.1 Å². The van der Waals surface area contributed by atoms with Crippen molar-refractivity contribution in [1.29, 1.82) is 0 Å². The summed E-state index contributed by atoms with van der Waals surface area (Å²) in [6.07, 6.45) is 0. The predicted molar refractivity (Wildman–Crippen MR) is 98.8 cm³/mol. The van der Waals surface area contributed by atoms with Crippen molar-refractivity contribution in [2.45, 2.75) is 20.5 Å². The molecule has 2 heterocycles. The Kier molecular flexibility index (Phi) is 3.78. The standard InChI is InChI=1S/C19H17N3OS/c1-13(21-23-12-15-8-4-3-5-9-15)18-14(2)22-17-11-7-6-10-16(17)20-19(22)24-18/h3-11H,12H2,1-2H3/b21-13-. The second-order valence-electron chi connectivity index (χ2n) is 5.67. The molecule has 0 atom stereocenters. The molecule has 24 heavy (non-hydrogen) atoms. The zero-order chi connectivity index (χ0) is 16.5. The second-order valence-corrected chi connectivity index (χ2v) is 6.65. The van der Waals surface area contributed by atoms with Crippen molar-refractivity contribution in [2.24, 2.45) is 5.16 Å². The first-order valence-corrected chi connectivity index (χ1v) is 8.63. The van der Waals surface area contributed by atoms with Crippen LogP contribution < -0.4 is 0 Å². The van der Waals surface area contributed by atoms with Crippen molar-refractivity contribution in [1.82, 2.24) is 9.38 Å². The summed E-state index contributed by atoms with van der Waals surface area (Å²) >= 11 is 1.65. The zero-order valence-corrected chi connectivity index (χ0v) is 14.4. The third-order valence-corrected chi connectivity index (χ3v) is 5.24. The molecule has 5 heteroatoms. The number of benzene rings is 2. The molecule has 0 spiro atoms. The molecular weight excluding hydrogens is 318 g/mol. The molecule has 0 saturated heterocycles. The molecule has 0 unspecified atom stereocenters. The fourth-order valence-corrected chi connectivity index (χ4v) is 3.90. The quantitative estimate of drug-likeness (QED) is 0.397. The van der Waals surface area contributed by atoms with Gasteiger partial charge in [-0.1, -0.05) is 59.0 Å². The van der Waals surface area contributed by atoms with Gasteiger partial charge in [-0.25, -0.2) is 4.98 Å². The Bertz CT molecular complexity index is 1030. The van der Waals surface area contributed by atoms with E-state index < -0.39 is 0 Å². The van der Waals surface area contributed by atoms with Gasteiger partial charge in [0.1, 0.15) is 6.61 Å². The number of aromatic nitrogens is 2. The van der Waals surface area contributed by atoms with Crippen LogP contribution in [0, 0.1) is 6.92 Å². The SMILES string of the molecule is C/C(=N/OCc1ccccc1)c1sc2nc3ccccc3n2c1C. The van der Waals surface area contributed by atoms with Crippen molar-refractivity contribution in [3.63, 3.8) is 0 Å². The lowest BCUT2D eigenvalue weighted by atomic mass is 10.2. The van der Waals surface area contributed by atoms with Gasteiger partial charge in [0.2, 0.25) is 0 Å².